The third-order valence-electron chi connectivity index (χ3n) is 1.11. The molecule has 0 amide bonds. The van der Waals surface area contributed by atoms with E-state index in [0.29, 0.717) is 0 Å². The number of hydrogen-bond acceptors (Lipinski definition) is 1. The van der Waals surface area contributed by atoms with Crippen molar-refractivity contribution in [1.29, 1.82) is 0 Å². The van der Waals surface area contributed by atoms with Gasteiger partial charge < -0.3 is 0 Å². The topological polar surface area (TPSA) is 17.8 Å². The summed E-state index contributed by atoms with van der Waals surface area (Å²) in [6.07, 6.45) is -3.17. The summed E-state index contributed by atoms with van der Waals surface area (Å²) in [5.74, 6) is 0. The second-order valence-corrected chi connectivity index (χ2v) is 1.84. The summed E-state index contributed by atoms with van der Waals surface area (Å²) >= 11 is 0. The highest BCUT2D eigenvalue weighted by molar-refractivity contribution is 5.03. The van der Waals surface area contributed by atoms with E-state index in [2.05, 4.69) is 5.10 Å². The van der Waals surface area contributed by atoms with E-state index in [-0.39, 0.29) is 0 Å². The number of hydrogen-bond donors (Lipinski definition) is 0. The highest BCUT2D eigenvalue weighted by Crippen LogP contribution is 2.27. The Morgan fingerprint density at radius 1 is 1.50 bits per heavy atom. The van der Waals surface area contributed by atoms with E-state index < -0.39 is 11.9 Å². The molecule has 1 aromatic rings. The van der Waals surface area contributed by atoms with Crippen molar-refractivity contribution in [2.45, 2.75) is 6.18 Å². The first-order chi connectivity index (χ1) is 4.52. The molecule has 2 nitrogen and oxygen atoms in total. The Morgan fingerprint density at radius 3 is 2.30 bits per heavy atom. The fourth-order valence-electron chi connectivity index (χ4n) is 0.652. The van der Waals surface area contributed by atoms with E-state index in [1.54, 1.807) is 0 Å². The molecule has 0 saturated heterocycles. The van der Waals surface area contributed by atoms with E-state index in [4.69, 9.17) is 0 Å². The molecule has 1 heterocycles. The lowest BCUT2D eigenvalue weighted by atomic mass is 10.4. The number of alkyl halides is 3. The maximum absolute atomic E-state index is 11.8. The van der Waals surface area contributed by atoms with Crippen LogP contribution < -0.4 is 0 Å². The Morgan fingerprint density at radius 2 is 2.10 bits per heavy atom. The first-order valence-electron chi connectivity index (χ1n) is 2.57. The van der Waals surface area contributed by atoms with Crippen LogP contribution in [0.3, 0.4) is 0 Å². The number of nitrogens with zero attached hydrogens (tertiary/aromatic N) is 2. The smallest absolute Gasteiger partial charge is 0.264 e. The lowest BCUT2D eigenvalue weighted by molar-refractivity contribution is -0.143. The third kappa shape index (κ3) is 1.12. The zero-order valence-corrected chi connectivity index (χ0v) is 5.18. The van der Waals surface area contributed by atoms with E-state index in [1.807, 2.05) is 0 Å². The Balaban J connectivity index is 3.05. The van der Waals surface area contributed by atoms with Crippen LogP contribution in [0.25, 0.3) is 0 Å². The molecule has 0 spiro atoms. The Kier molecular flexibility index (Phi) is 1.42. The Hall–Kier alpha value is -1.00. The van der Waals surface area contributed by atoms with Gasteiger partial charge in [-0.15, -0.1) is 0 Å². The largest absolute Gasteiger partial charge is 0.433 e. The predicted octanol–water partition coefficient (Wildman–Crippen LogP) is 1.44. The molecular weight excluding hydrogens is 145 g/mol. The van der Waals surface area contributed by atoms with Gasteiger partial charge in [0.25, 0.3) is 0 Å². The van der Waals surface area contributed by atoms with Gasteiger partial charge in [-0.3, -0.25) is 4.68 Å². The summed E-state index contributed by atoms with van der Waals surface area (Å²) in [5, 5.41) is 3.38. The molecule has 0 bridgehead atoms. The van der Waals surface area contributed by atoms with E-state index in [9.17, 15) is 13.2 Å². The average Bonchev–Trinajstić information content (AvgIpc) is 2.11. The summed E-state index contributed by atoms with van der Waals surface area (Å²) in [6.45, 7) is 0. The molecule has 0 fully saturated rings. The minimum Gasteiger partial charge on any atom is -0.264 e. The van der Waals surface area contributed by atoms with Crippen molar-refractivity contribution in [3.63, 3.8) is 0 Å². The van der Waals surface area contributed by atoms with Crippen molar-refractivity contribution >= 4 is 0 Å². The predicted molar refractivity (Wildman–Crippen MR) is 28.2 cm³/mol. The molecule has 0 aliphatic heterocycles. The molecular formula is C5H5F3N2. The molecule has 56 valence electrons. The highest BCUT2D eigenvalue weighted by Gasteiger charge is 2.33. The maximum atomic E-state index is 11.8. The zero-order chi connectivity index (χ0) is 7.78. The normalized spacial score (nSPS) is 12.0. The molecule has 0 unspecified atom stereocenters. The van der Waals surface area contributed by atoms with Crippen LogP contribution in [0, 0.1) is 0 Å². The van der Waals surface area contributed by atoms with Crippen molar-refractivity contribution in [1.82, 2.24) is 9.78 Å². The quantitative estimate of drug-likeness (QED) is 0.547. The second-order valence-electron chi connectivity index (χ2n) is 1.84. The van der Waals surface area contributed by atoms with Gasteiger partial charge in [0, 0.05) is 13.2 Å². The van der Waals surface area contributed by atoms with E-state index in [1.165, 1.54) is 7.05 Å². The van der Waals surface area contributed by atoms with Gasteiger partial charge in [-0.05, 0) is 6.07 Å². The number of aryl methyl sites for hydroxylation is 1. The minimum absolute atomic E-state index is 0.729. The standard InChI is InChI=1S/C5H5F3N2/c1-10-4(2-3-9-10)5(6,7)8/h2-3H,1H3. The number of aromatic nitrogens is 2. The average molecular weight is 150 g/mol. The van der Waals surface area contributed by atoms with Gasteiger partial charge in [0.1, 0.15) is 5.69 Å². The molecule has 0 saturated carbocycles. The Bertz CT molecular complexity index is 225. The van der Waals surface area contributed by atoms with E-state index >= 15 is 0 Å². The van der Waals surface area contributed by atoms with Crippen molar-refractivity contribution in [3.05, 3.63) is 18.0 Å². The molecule has 1 rings (SSSR count). The first kappa shape index (κ1) is 7.11. The van der Waals surface area contributed by atoms with Crippen molar-refractivity contribution in [2.75, 3.05) is 0 Å². The van der Waals surface area contributed by atoms with Gasteiger partial charge in [0.05, 0.1) is 0 Å². The highest BCUT2D eigenvalue weighted by atomic mass is 19.4. The summed E-state index contributed by atoms with van der Waals surface area (Å²) in [4.78, 5) is 0. The summed E-state index contributed by atoms with van der Waals surface area (Å²) in [7, 11) is 1.25. The van der Waals surface area contributed by atoms with Gasteiger partial charge in [-0.25, -0.2) is 0 Å². The first-order valence-corrected chi connectivity index (χ1v) is 2.57. The molecule has 0 aromatic carbocycles. The third-order valence-corrected chi connectivity index (χ3v) is 1.11. The van der Waals surface area contributed by atoms with Crippen molar-refractivity contribution in [2.24, 2.45) is 7.05 Å². The second kappa shape index (κ2) is 2.00. The lowest BCUT2D eigenvalue weighted by Crippen LogP contribution is -2.11. The molecule has 0 radical (unpaired) electrons. The van der Waals surface area contributed by atoms with Crippen LogP contribution in [0.15, 0.2) is 12.3 Å². The van der Waals surface area contributed by atoms with Crippen LogP contribution in [0.2, 0.25) is 0 Å². The molecule has 0 aliphatic rings. The van der Waals surface area contributed by atoms with Crippen LogP contribution in [-0.2, 0) is 13.2 Å². The van der Waals surface area contributed by atoms with Crippen LogP contribution in [0.5, 0.6) is 0 Å². The number of halogens is 3. The summed E-state index contributed by atoms with van der Waals surface area (Å²) in [5.41, 5.74) is -0.729. The van der Waals surface area contributed by atoms with Crippen molar-refractivity contribution < 1.29 is 13.2 Å². The minimum atomic E-state index is -4.29. The molecule has 10 heavy (non-hydrogen) atoms. The summed E-state index contributed by atoms with van der Waals surface area (Å²) in [6, 6.07) is 0.931. The molecule has 0 aliphatic carbocycles. The van der Waals surface area contributed by atoms with Crippen molar-refractivity contribution in [3.8, 4) is 0 Å². The zero-order valence-electron chi connectivity index (χ0n) is 5.18. The monoisotopic (exact) mass is 150 g/mol. The van der Waals surface area contributed by atoms with Gasteiger partial charge in [-0.2, -0.15) is 18.3 Å². The molecule has 5 heteroatoms. The van der Waals surface area contributed by atoms with E-state index in [0.717, 1.165) is 16.9 Å². The SMILES string of the molecule is Cn1nccc1C(F)(F)F. The lowest BCUT2D eigenvalue weighted by Gasteiger charge is -2.04. The van der Waals surface area contributed by atoms with Crippen LogP contribution >= 0.6 is 0 Å². The fraction of sp³-hybridized carbons (Fsp3) is 0.400. The van der Waals surface area contributed by atoms with Gasteiger partial charge in [0.15, 0.2) is 0 Å². The Labute approximate surface area is 55.3 Å². The van der Waals surface area contributed by atoms with Gasteiger partial charge in [-0.1, -0.05) is 0 Å². The van der Waals surface area contributed by atoms with Crippen LogP contribution in [-0.4, -0.2) is 9.78 Å². The van der Waals surface area contributed by atoms with Gasteiger partial charge >= 0.3 is 6.18 Å². The molecule has 1 aromatic heterocycles. The molecule has 0 N–H and O–H groups in total. The number of rotatable bonds is 0. The summed E-state index contributed by atoms with van der Waals surface area (Å²) < 4.78 is 36.3. The maximum Gasteiger partial charge on any atom is 0.433 e. The van der Waals surface area contributed by atoms with Crippen LogP contribution in [0.1, 0.15) is 5.69 Å². The fourth-order valence-corrected chi connectivity index (χ4v) is 0.652. The molecule has 0 atom stereocenters. The van der Waals surface area contributed by atoms with Crippen LogP contribution in [0.4, 0.5) is 13.2 Å². The van der Waals surface area contributed by atoms with Gasteiger partial charge in [0.2, 0.25) is 0 Å².